The molecule has 1 aromatic heterocycles. The molecule has 0 spiro atoms. The van der Waals surface area contributed by atoms with Crippen molar-refractivity contribution in [3.8, 4) is 0 Å². The Bertz CT molecular complexity index is 490. The van der Waals surface area contributed by atoms with Crippen molar-refractivity contribution < 1.29 is 4.79 Å². The summed E-state index contributed by atoms with van der Waals surface area (Å²) >= 11 is 0. The van der Waals surface area contributed by atoms with Gasteiger partial charge in [0.15, 0.2) is 0 Å². The van der Waals surface area contributed by atoms with Gasteiger partial charge < -0.3 is 5.32 Å². The van der Waals surface area contributed by atoms with Crippen LogP contribution in [0, 0.1) is 0 Å². The molecule has 1 amide bonds. The van der Waals surface area contributed by atoms with E-state index in [1.807, 2.05) is 6.92 Å². The van der Waals surface area contributed by atoms with Gasteiger partial charge in [0, 0.05) is 18.7 Å². The van der Waals surface area contributed by atoms with Crippen LogP contribution in [-0.4, -0.2) is 21.7 Å². The average Bonchev–Trinajstić information content (AvgIpc) is 2.42. The van der Waals surface area contributed by atoms with Crippen molar-refractivity contribution in [2.45, 2.75) is 58.0 Å². The Morgan fingerprint density at radius 3 is 2.79 bits per heavy atom. The fourth-order valence-corrected chi connectivity index (χ4v) is 2.45. The Labute approximate surface area is 113 Å². The Balaban J connectivity index is 2.05. The van der Waals surface area contributed by atoms with Gasteiger partial charge in [0.05, 0.1) is 0 Å². The molecular weight excluding hydrogens is 242 g/mol. The molecule has 1 aliphatic carbocycles. The Hall–Kier alpha value is -1.65. The number of hydrogen-bond donors (Lipinski definition) is 1. The SMILES string of the molecule is CCCn1nc(C(=O)NC2CCCCC2)ccc1=O. The molecule has 1 N–H and O–H groups in total. The van der Waals surface area contributed by atoms with E-state index in [-0.39, 0.29) is 17.5 Å². The molecule has 0 unspecified atom stereocenters. The van der Waals surface area contributed by atoms with E-state index in [9.17, 15) is 9.59 Å². The van der Waals surface area contributed by atoms with Crippen LogP contribution in [0.1, 0.15) is 55.9 Å². The Morgan fingerprint density at radius 1 is 1.37 bits per heavy atom. The van der Waals surface area contributed by atoms with E-state index in [0.29, 0.717) is 12.2 Å². The van der Waals surface area contributed by atoms with Crippen LogP contribution in [-0.2, 0) is 6.54 Å². The summed E-state index contributed by atoms with van der Waals surface area (Å²) in [5.74, 6) is -0.170. The van der Waals surface area contributed by atoms with E-state index in [2.05, 4.69) is 10.4 Å². The maximum absolute atomic E-state index is 12.1. The number of nitrogens with one attached hydrogen (secondary N) is 1. The summed E-state index contributed by atoms with van der Waals surface area (Å²) in [4.78, 5) is 23.6. The number of nitrogens with zero attached hydrogens (tertiary/aromatic N) is 2. The molecule has 0 saturated heterocycles. The third-order valence-corrected chi connectivity index (χ3v) is 3.48. The van der Waals surface area contributed by atoms with Crippen LogP contribution in [0.25, 0.3) is 0 Å². The maximum Gasteiger partial charge on any atom is 0.271 e. The number of hydrogen-bond acceptors (Lipinski definition) is 3. The fraction of sp³-hybridized carbons (Fsp3) is 0.643. The highest BCUT2D eigenvalue weighted by Gasteiger charge is 2.17. The predicted molar refractivity (Wildman–Crippen MR) is 73.1 cm³/mol. The van der Waals surface area contributed by atoms with Crippen molar-refractivity contribution in [3.63, 3.8) is 0 Å². The van der Waals surface area contributed by atoms with Crippen molar-refractivity contribution in [2.75, 3.05) is 0 Å². The molecule has 104 valence electrons. The van der Waals surface area contributed by atoms with Crippen molar-refractivity contribution >= 4 is 5.91 Å². The number of carbonyl (C=O) groups is 1. The van der Waals surface area contributed by atoms with E-state index in [1.165, 1.54) is 36.1 Å². The lowest BCUT2D eigenvalue weighted by Gasteiger charge is -2.22. The third-order valence-electron chi connectivity index (χ3n) is 3.48. The van der Waals surface area contributed by atoms with E-state index in [4.69, 9.17) is 0 Å². The zero-order chi connectivity index (χ0) is 13.7. The van der Waals surface area contributed by atoms with Crippen LogP contribution in [0.4, 0.5) is 0 Å². The largest absolute Gasteiger partial charge is 0.348 e. The number of aromatic nitrogens is 2. The summed E-state index contributed by atoms with van der Waals surface area (Å²) in [5.41, 5.74) is 0.176. The second-order valence-corrected chi connectivity index (χ2v) is 5.09. The average molecular weight is 263 g/mol. The monoisotopic (exact) mass is 263 g/mol. The molecule has 0 radical (unpaired) electrons. The molecule has 1 aromatic rings. The molecule has 19 heavy (non-hydrogen) atoms. The summed E-state index contributed by atoms with van der Waals surface area (Å²) in [6, 6.07) is 3.18. The highest BCUT2D eigenvalue weighted by atomic mass is 16.2. The van der Waals surface area contributed by atoms with Crippen LogP contribution in [0.2, 0.25) is 0 Å². The van der Waals surface area contributed by atoms with Crippen LogP contribution in [0.3, 0.4) is 0 Å². The second-order valence-electron chi connectivity index (χ2n) is 5.09. The molecule has 0 bridgehead atoms. The van der Waals surface area contributed by atoms with Gasteiger partial charge in [-0.25, -0.2) is 4.68 Å². The number of amides is 1. The van der Waals surface area contributed by atoms with Gasteiger partial charge in [-0.3, -0.25) is 9.59 Å². The van der Waals surface area contributed by atoms with Crippen molar-refractivity contribution in [2.24, 2.45) is 0 Å². The van der Waals surface area contributed by atoms with Gasteiger partial charge in [-0.05, 0) is 25.3 Å². The van der Waals surface area contributed by atoms with Crippen molar-refractivity contribution in [1.82, 2.24) is 15.1 Å². The van der Waals surface area contributed by atoms with Gasteiger partial charge >= 0.3 is 0 Å². The first-order valence-electron chi connectivity index (χ1n) is 7.09. The second kappa shape index (κ2) is 6.50. The molecule has 1 saturated carbocycles. The molecule has 1 heterocycles. The minimum absolute atomic E-state index is 0.156. The molecule has 5 nitrogen and oxygen atoms in total. The summed E-state index contributed by atoms with van der Waals surface area (Å²) in [6.45, 7) is 2.52. The van der Waals surface area contributed by atoms with Crippen LogP contribution in [0.5, 0.6) is 0 Å². The van der Waals surface area contributed by atoms with Crippen LogP contribution < -0.4 is 10.9 Å². The lowest BCUT2D eigenvalue weighted by molar-refractivity contribution is 0.0920. The molecule has 2 rings (SSSR count). The molecule has 0 aliphatic heterocycles. The molecule has 1 aliphatic rings. The molecule has 1 fully saturated rings. The van der Waals surface area contributed by atoms with E-state index in [1.54, 1.807) is 0 Å². The maximum atomic E-state index is 12.1. The zero-order valence-electron chi connectivity index (χ0n) is 11.4. The van der Waals surface area contributed by atoms with Crippen LogP contribution in [0.15, 0.2) is 16.9 Å². The zero-order valence-corrected chi connectivity index (χ0v) is 11.4. The number of rotatable bonds is 4. The minimum atomic E-state index is -0.170. The first kappa shape index (κ1) is 13.8. The minimum Gasteiger partial charge on any atom is -0.348 e. The van der Waals surface area contributed by atoms with E-state index in [0.717, 1.165) is 19.3 Å². The number of carbonyl (C=O) groups excluding carboxylic acids is 1. The van der Waals surface area contributed by atoms with Crippen molar-refractivity contribution in [3.05, 3.63) is 28.2 Å². The topological polar surface area (TPSA) is 64.0 Å². The molecule has 0 atom stereocenters. The highest BCUT2D eigenvalue weighted by Crippen LogP contribution is 2.17. The van der Waals surface area contributed by atoms with Gasteiger partial charge in [0.25, 0.3) is 11.5 Å². The van der Waals surface area contributed by atoms with E-state index >= 15 is 0 Å². The molecule has 0 aromatic carbocycles. The molecular formula is C14H21N3O2. The number of aryl methyl sites for hydroxylation is 1. The highest BCUT2D eigenvalue weighted by molar-refractivity contribution is 5.92. The van der Waals surface area contributed by atoms with Gasteiger partial charge in [-0.1, -0.05) is 26.2 Å². The smallest absolute Gasteiger partial charge is 0.271 e. The standard InChI is InChI=1S/C14H21N3O2/c1-2-10-17-13(18)9-8-12(16-17)14(19)15-11-6-4-3-5-7-11/h8-9,11H,2-7,10H2,1H3,(H,15,19). The van der Waals surface area contributed by atoms with E-state index < -0.39 is 0 Å². The lowest BCUT2D eigenvalue weighted by Crippen LogP contribution is -2.37. The predicted octanol–water partition coefficient (Wildman–Crippen LogP) is 1.72. The Morgan fingerprint density at radius 2 is 2.11 bits per heavy atom. The van der Waals surface area contributed by atoms with Gasteiger partial charge in [0.2, 0.25) is 0 Å². The lowest BCUT2D eigenvalue weighted by atomic mass is 9.95. The summed E-state index contributed by atoms with van der Waals surface area (Å²) in [7, 11) is 0. The third kappa shape index (κ3) is 3.66. The summed E-state index contributed by atoms with van der Waals surface area (Å²) < 4.78 is 1.36. The van der Waals surface area contributed by atoms with Crippen LogP contribution >= 0.6 is 0 Å². The van der Waals surface area contributed by atoms with Crippen molar-refractivity contribution in [1.29, 1.82) is 0 Å². The first-order chi connectivity index (χ1) is 9.20. The normalized spacial score (nSPS) is 16.3. The van der Waals surface area contributed by atoms with Gasteiger partial charge in [-0.15, -0.1) is 0 Å². The quantitative estimate of drug-likeness (QED) is 0.899. The first-order valence-corrected chi connectivity index (χ1v) is 7.09. The van der Waals surface area contributed by atoms with Gasteiger partial charge in [-0.2, -0.15) is 5.10 Å². The van der Waals surface area contributed by atoms with Gasteiger partial charge in [0.1, 0.15) is 5.69 Å². The summed E-state index contributed by atoms with van der Waals surface area (Å²) in [6.07, 6.45) is 6.51. The Kier molecular flexibility index (Phi) is 4.71. The summed E-state index contributed by atoms with van der Waals surface area (Å²) in [5, 5.41) is 7.13. The fourth-order valence-electron chi connectivity index (χ4n) is 2.45. The molecule has 5 heteroatoms.